The van der Waals surface area contributed by atoms with Gasteiger partial charge in [0.05, 0.1) is 18.9 Å². The van der Waals surface area contributed by atoms with Crippen molar-refractivity contribution in [2.24, 2.45) is 12.0 Å². The van der Waals surface area contributed by atoms with Crippen LogP contribution >= 0.6 is 0 Å². The zero-order valence-corrected chi connectivity index (χ0v) is 12.8. The number of nitrogens with zero attached hydrogens (tertiary/aromatic N) is 3. The van der Waals surface area contributed by atoms with Crippen molar-refractivity contribution in [2.75, 3.05) is 32.2 Å². The number of hydrogen-bond donors (Lipinski definition) is 2. The maximum atomic E-state index is 7.74. The minimum Gasteiger partial charge on any atom is -0.382 e. The summed E-state index contributed by atoms with van der Waals surface area (Å²) < 4.78 is 11.9. The van der Waals surface area contributed by atoms with E-state index in [4.69, 9.17) is 14.9 Å². The second-order valence-electron chi connectivity index (χ2n) is 5.17. The summed E-state index contributed by atoms with van der Waals surface area (Å²) in [6, 6.07) is 2.05. The lowest BCUT2D eigenvalue weighted by Gasteiger charge is -2.06. The van der Waals surface area contributed by atoms with E-state index in [1.165, 1.54) is 12.8 Å². The summed E-state index contributed by atoms with van der Waals surface area (Å²) in [6.07, 6.45) is 2.46. The highest BCUT2D eigenvalue weighted by Crippen LogP contribution is 2.39. The molecule has 0 spiro atoms. The second kappa shape index (κ2) is 7.33. The van der Waals surface area contributed by atoms with Gasteiger partial charge in [0.2, 0.25) is 0 Å². The van der Waals surface area contributed by atoms with Crippen LogP contribution in [0.15, 0.2) is 11.1 Å². The van der Waals surface area contributed by atoms with Gasteiger partial charge in [-0.15, -0.1) is 0 Å². The molecule has 0 amide bonds. The van der Waals surface area contributed by atoms with Crippen molar-refractivity contribution < 1.29 is 9.47 Å². The van der Waals surface area contributed by atoms with Crippen molar-refractivity contribution in [3.8, 4) is 0 Å². The van der Waals surface area contributed by atoms with Gasteiger partial charge in [-0.1, -0.05) is 0 Å². The van der Waals surface area contributed by atoms with Crippen molar-refractivity contribution in [3.63, 3.8) is 0 Å². The number of rotatable bonds is 7. The van der Waals surface area contributed by atoms with Crippen LogP contribution in [-0.4, -0.2) is 48.4 Å². The third-order valence-electron chi connectivity index (χ3n) is 3.18. The van der Waals surface area contributed by atoms with E-state index in [2.05, 4.69) is 21.5 Å². The lowest BCUT2D eigenvalue weighted by molar-refractivity contribution is 0.0896. The molecule has 7 heteroatoms. The number of anilines is 1. The first kappa shape index (κ1) is 15.7. The van der Waals surface area contributed by atoms with Crippen LogP contribution in [0.4, 0.5) is 5.82 Å². The Morgan fingerprint density at radius 1 is 1.52 bits per heavy atom. The van der Waals surface area contributed by atoms with E-state index in [-0.39, 0.29) is 12.4 Å². The van der Waals surface area contributed by atoms with Gasteiger partial charge in [-0.25, -0.2) is 4.99 Å². The summed E-state index contributed by atoms with van der Waals surface area (Å²) in [5.41, 5.74) is 1.13. The van der Waals surface area contributed by atoms with Crippen LogP contribution in [0, 0.1) is 5.41 Å². The van der Waals surface area contributed by atoms with E-state index in [9.17, 15) is 0 Å². The minimum atomic E-state index is 0.181. The zero-order valence-electron chi connectivity index (χ0n) is 12.8. The Balaban J connectivity index is 1.83. The molecule has 1 aromatic rings. The summed E-state index contributed by atoms with van der Waals surface area (Å²) in [5, 5.41) is 15.4. The number of amidine groups is 2. The molecular weight excluding hydrogens is 270 g/mol. The van der Waals surface area contributed by atoms with E-state index < -0.39 is 0 Å². The molecule has 2 N–H and O–H groups in total. The van der Waals surface area contributed by atoms with E-state index in [1.54, 1.807) is 7.11 Å². The molecule has 1 aliphatic carbocycles. The van der Waals surface area contributed by atoms with E-state index in [1.807, 2.05) is 18.7 Å². The fraction of sp³-hybridized carbons (Fsp3) is 0.643. The molecule has 1 heterocycles. The van der Waals surface area contributed by atoms with Crippen molar-refractivity contribution in [2.45, 2.75) is 25.7 Å². The molecule has 0 radical (unpaired) electrons. The van der Waals surface area contributed by atoms with Gasteiger partial charge in [-0.05, 0) is 19.8 Å². The summed E-state index contributed by atoms with van der Waals surface area (Å²) in [5.74, 6) is 2.35. The molecule has 21 heavy (non-hydrogen) atoms. The van der Waals surface area contributed by atoms with Crippen LogP contribution in [-0.2, 0) is 16.5 Å². The highest BCUT2D eigenvalue weighted by Gasteiger charge is 2.26. The third kappa shape index (κ3) is 4.95. The maximum absolute atomic E-state index is 7.74. The first-order chi connectivity index (χ1) is 10.1. The number of ether oxygens (including phenoxy) is 2. The van der Waals surface area contributed by atoms with Crippen LogP contribution in [0.3, 0.4) is 0 Å². The molecule has 1 aliphatic rings. The van der Waals surface area contributed by atoms with Gasteiger partial charge < -0.3 is 14.8 Å². The standard InChI is InChI=1S/C14H23N5O2/c1-10(16-13(15)9-21-7-6-20-3)17-14-8-12(11-4-5-11)18-19(14)2/h8,11H,4-7,9H2,1-3H3,(H2,15,16,17). The molecule has 0 unspecified atom stereocenters. The predicted molar refractivity (Wildman–Crippen MR) is 82.3 cm³/mol. The number of methoxy groups -OCH3 is 1. The van der Waals surface area contributed by atoms with Gasteiger partial charge in [-0.2, -0.15) is 5.10 Å². The predicted octanol–water partition coefficient (Wildman–Crippen LogP) is 1.77. The molecule has 1 fully saturated rings. The summed E-state index contributed by atoms with van der Waals surface area (Å²) in [4.78, 5) is 4.16. The number of aliphatic imine (C=N–C) groups is 1. The average molecular weight is 293 g/mol. The molecule has 0 aliphatic heterocycles. The van der Waals surface area contributed by atoms with Crippen molar-refractivity contribution >= 4 is 17.5 Å². The monoisotopic (exact) mass is 293 g/mol. The first-order valence-electron chi connectivity index (χ1n) is 7.10. The molecule has 0 saturated heterocycles. The van der Waals surface area contributed by atoms with Crippen molar-refractivity contribution in [3.05, 3.63) is 11.8 Å². The average Bonchev–Trinajstić information content (AvgIpc) is 3.21. The van der Waals surface area contributed by atoms with Crippen LogP contribution in [0.25, 0.3) is 0 Å². The Hall–Kier alpha value is -1.73. The first-order valence-corrected chi connectivity index (χ1v) is 7.10. The van der Waals surface area contributed by atoms with Crippen LogP contribution in [0.5, 0.6) is 0 Å². The minimum absolute atomic E-state index is 0.181. The van der Waals surface area contributed by atoms with Gasteiger partial charge in [0, 0.05) is 26.1 Å². The normalized spacial score (nSPS) is 15.3. The maximum Gasteiger partial charge on any atom is 0.148 e. The van der Waals surface area contributed by atoms with Gasteiger partial charge >= 0.3 is 0 Å². The highest BCUT2D eigenvalue weighted by molar-refractivity contribution is 6.01. The molecule has 2 rings (SSSR count). The summed E-state index contributed by atoms with van der Waals surface area (Å²) in [7, 11) is 3.52. The Morgan fingerprint density at radius 2 is 2.29 bits per heavy atom. The fourth-order valence-electron chi connectivity index (χ4n) is 1.94. The Bertz CT molecular complexity index is 519. The van der Waals surface area contributed by atoms with Gasteiger partial charge in [0.1, 0.15) is 24.1 Å². The largest absolute Gasteiger partial charge is 0.382 e. The number of aromatic nitrogens is 2. The molecule has 1 aromatic heterocycles. The molecule has 0 bridgehead atoms. The van der Waals surface area contributed by atoms with Crippen molar-refractivity contribution in [1.82, 2.24) is 9.78 Å². The van der Waals surface area contributed by atoms with Crippen LogP contribution in [0.1, 0.15) is 31.4 Å². The molecule has 0 atom stereocenters. The quantitative estimate of drug-likeness (QED) is 0.456. The van der Waals surface area contributed by atoms with E-state index in [0.29, 0.717) is 25.0 Å². The summed E-state index contributed by atoms with van der Waals surface area (Å²) >= 11 is 0. The lowest BCUT2D eigenvalue weighted by Crippen LogP contribution is -2.15. The van der Waals surface area contributed by atoms with Crippen LogP contribution in [0.2, 0.25) is 0 Å². The second-order valence-corrected chi connectivity index (χ2v) is 5.17. The third-order valence-corrected chi connectivity index (χ3v) is 3.18. The fourth-order valence-corrected chi connectivity index (χ4v) is 1.94. The van der Waals surface area contributed by atoms with Gasteiger partial charge in [0.25, 0.3) is 0 Å². The van der Waals surface area contributed by atoms with E-state index in [0.717, 1.165) is 11.5 Å². The molecule has 1 saturated carbocycles. The Labute approximate surface area is 124 Å². The van der Waals surface area contributed by atoms with Crippen LogP contribution < -0.4 is 5.32 Å². The topological polar surface area (TPSA) is 84.5 Å². The number of nitrogens with one attached hydrogen (secondary N) is 2. The molecule has 7 nitrogen and oxygen atoms in total. The smallest absolute Gasteiger partial charge is 0.148 e. The zero-order chi connectivity index (χ0) is 15.2. The SMILES string of the molecule is COCCOCC(=N)/N=C(\C)Nc1cc(C2CC2)nn1C. The Morgan fingerprint density at radius 3 is 2.95 bits per heavy atom. The van der Waals surface area contributed by atoms with Gasteiger partial charge in [0.15, 0.2) is 0 Å². The number of hydrogen-bond acceptors (Lipinski definition) is 4. The molecular formula is C14H23N5O2. The molecule has 116 valence electrons. The van der Waals surface area contributed by atoms with Gasteiger partial charge in [-0.3, -0.25) is 10.1 Å². The lowest BCUT2D eigenvalue weighted by atomic mass is 10.3. The Kier molecular flexibility index (Phi) is 5.46. The summed E-state index contributed by atoms with van der Waals surface area (Å²) in [6.45, 7) is 3.00. The van der Waals surface area contributed by atoms with E-state index >= 15 is 0 Å². The number of aryl methyl sites for hydroxylation is 1. The highest BCUT2D eigenvalue weighted by atomic mass is 16.5. The molecule has 0 aromatic carbocycles. The van der Waals surface area contributed by atoms with Crippen molar-refractivity contribution in [1.29, 1.82) is 5.41 Å².